The van der Waals surface area contributed by atoms with Crippen LogP contribution < -0.4 is 0 Å². The highest BCUT2D eigenvalue weighted by molar-refractivity contribution is 6.00. The van der Waals surface area contributed by atoms with Gasteiger partial charge in [0.2, 0.25) is 5.76 Å². The molecule has 0 unspecified atom stereocenters. The van der Waals surface area contributed by atoms with Crippen molar-refractivity contribution in [3.63, 3.8) is 0 Å². The number of esters is 1. The second-order valence-corrected chi connectivity index (χ2v) is 4.22. The van der Waals surface area contributed by atoms with E-state index >= 15 is 0 Å². The standard InChI is InChI=1S/C14H12O7/c1-20-14(19)13-3-2-7(21-13)4-9(15)8-5-11(17)12(18)6-10(8)16/h2-3,5-6,16-18H,4H2,1H3. The molecular formula is C14H12O7. The van der Waals surface area contributed by atoms with E-state index in [2.05, 4.69) is 4.74 Å². The lowest BCUT2D eigenvalue weighted by Gasteiger charge is -2.05. The van der Waals surface area contributed by atoms with E-state index in [1.807, 2.05) is 0 Å². The van der Waals surface area contributed by atoms with Crippen molar-refractivity contribution in [1.82, 2.24) is 0 Å². The highest BCUT2D eigenvalue weighted by atomic mass is 16.5. The van der Waals surface area contributed by atoms with Gasteiger partial charge in [-0.1, -0.05) is 0 Å². The van der Waals surface area contributed by atoms with Gasteiger partial charge in [0, 0.05) is 6.07 Å². The molecule has 3 N–H and O–H groups in total. The van der Waals surface area contributed by atoms with Gasteiger partial charge in [0.15, 0.2) is 17.3 Å². The largest absolute Gasteiger partial charge is 0.507 e. The number of furan rings is 1. The van der Waals surface area contributed by atoms with E-state index < -0.39 is 29.0 Å². The first-order chi connectivity index (χ1) is 9.92. The zero-order valence-electron chi connectivity index (χ0n) is 11.0. The molecule has 0 bridgehead atoms. The van der Waals surface area contributed by atoms with Gasteiger partial charge in [-0.05, 0) is 18.2 Å². The van der Waals surface area contributed by atoms with Crippen LogP contribution >= 0.6 is 0 Å². The molecule has 21 heavy (non-hydrogen) atoms. The van der Waals surface area contributed by atoms with Gasteiger partial charge in [-0.15, -0.1) is 0 Å². The lowest BCUT2D eigenvalue weighted by atomic mass is 10.1. The van der Waals surface area contributed by atoms with Crippen LogP contribution in [0.3, 0.4) is 0 Å². The third-order valence-corrected chi connectivity index (χ3v) is 2.78. The molecule has 0 radical (unpaired) electrons. The number of carbonyl (C=O) groups excluding carboxylic acids is 2. The molecule has 7 heteroatoms. The van der Waals surface area contributed by atoms with Gasteiger partial charge in [-0.2, -0.15) is 0 Å². The molecule has 0 atom stereocenters. The number of phenolic OH excluding ortho intramolecular Hbond substituents is 3. The van der Waals surface area contributed by atoms with Gasteiger partial charge >= 0.3 is 5.97 Å². The lowest BCUT2D eigenvalue weighted by Crippen LogP contribution is -2.03. The minimum Gasteiger partial charge on any atom is -0.507 e. The molecule has 0 saturated carbocycles. The van der Waals surface area contributed by atoms with E-state index in [-0.39, 0.29) is 23.5 Å². The van der Waals surface area contributed by atoms with E-state index in [4.69, 9.17) is 4.42 Å². The van der Waals surface area contributed by atoms with Crippen molar-refractivity contribution in [3.8, 4) is 17.2 Å². The van der Waals surface area contributed by atoms with Crippen LogP contribution in [-0.2, 0) is 11.2 Å². The summed E-state index contributed by atoms with van der Waals surface area (Å²) in [4.78, 5) is 23.2. The summed E-state index contributed by atoms with van der Waals surface area (Å²) in [7, 11) is 1.20. The molecule has 0 saturated heterocycles. The van der Waals surface area contributed by atoms with Gasteiger partial charge in [0.1, 0.15) is 11.5 Å². The molecule has 110 valence electrons. The second-order valence-electron chi connectivity index (χ2n) is 4.22. The number of hydrogen-bond acceptors (Lipinski definition) is 7. The van der Waals surface area contributed by atoms with Crippen molar-refractivity contribution in [3.05, 3.63) is 41.3 Å². The molecule has 0 aliphatic carbocycles. The summed E-state index contributed by atoms with van der Waals surface area (Å²) >= 11 is 0. The zero-order valence-corrected chi connectivity index (χ0v) is 11.0. The monoisotopic (exact) mass is 292 g/mol. The Labute approximate surface area is 119 Å². The van der Waals surface area contributed by atoms with Crippen molar-refractivity contribution in [2.75, 3.05) is 7.11 Å². The van der Waals surface area contributed by atoms with E-state index in [9.17, 15) is 24.9 Å². The maximum Gasteiger partial charge on any atom is 0.373 e. The third kappa shape index (κ3) is 2.97. The van der Waals surface area contributed by atoms with Gasteiger partial charge in [0.25, 0.3) is 0 Å². The Morgan fingerprint density at radius 1 is 1.10 bits per heavy atom. The topological polar surface area (TPSA) is 117 Å². The first-order valence-electron chi connectivity index (χ1n) is 5.87. The average Bonchev–Trinajstić information content (AvgIpc) is 2.90. The van der Waals surface area contributed by atoms with Crippen LogP contribution in [0.1, 0.15) is 26.7 Å². The Morgan fingerprint density at radius 2 is 1.76 bits per heavy atom. The zero-order chi connectivity index (χ0) is 15.6. The number of aromatic hydroxyl groups is 3. The van der Waals surface area contributed by atoms with Gasteiger partial charge in [0.05, 0.1) is 19.1 Å². The molecule has 0 fully saturated rings. The molecule has 0 aliphatic heterocycles. The second kappa shape index (κ2) is 5.58. The SMILES string of the molecule is COC(=O)c1ccc(CC(=O)c2cc(O)c(O)cc2O)o1. The molecule has 0 spiro atoms. The number of rotatable bonds is 4. The van der Waals surface area contributed by atoms with Gasteiger partial charge in [-0.25, -0.2) is 4.79 Å². The molecule has 1 aromatic carbocycles. The van der Waals surface area contributed by atoms with Crippen LogP contribution in [0.15, 0.2) is 28.7 Å². The van der Waals surface area contributed by atoms with Crippen LogP contribution in [0, 0.1) is 0 Å². The first kappa shape index (κ1) is 14.4. The number of ketones is 1. The highest BCUT2D eigenvalue weighted by Crippen LogP contribution is 2.32. The number of methoxy groups -OCH3 is 1. The highest BCUT2D eigenvalue weighted by Gasteiger charge is 2.18. The van der Waals surface area contributed by atoms with Crippen LogP contribution in [-0.4, -0.2) is 34.2 Å². The summed E-state index contributed by atoms with van der Waals surface area (Å²) in [6.45, 7) is 0. The maximum absolute atomic E-state index is 12.0. The summed E-state index contributed by atoms with van der Waals surface area (Å²) in [5, 5.41) is 28.1. The molecule has 1 aromatic heterocycles. The first-order valence-corrected chi connectivity index (χ1v) is 5.87. The van der Waals surface area contributed by atoms with Gasteiger partial charge < -0.3 is 24.5 Å². The van der Waals surface area contributed by atoms with Crippen LogP contribution in [0.4, 0.5) is 0 Å². The number of ether oxygens (including phenoxy) is 1. The van der Waals surface area contributed by atoms with Crippen molar-refractivity contribution in [1.29, 1.82) is 0 Å². The molecule has 0 amide bonds. The van der Waals surface area contributed by atoms with Crippen LogP contribution in [0.2, 0.25) is 0 Å². The van der Waals surface area contributed by atoms with Crippen molar-refractivity contribution in [2.24, 2.45) is 0 Å². The van der Waals surface area contributed by atoms with E-state index in [0.29, 0.717) is 0 Å². The summed E-state index contributed by atoms with van der Waals surface area (Å²) in [5.41, 5.74) is -0.165. The Balaban J connectivity index is 2.20. The molecular weight excluding hydrogens is 280 g/mol. The van der Waals surface area contributed by atoms with Crippen LogP contribution in [0.5, 0.6) is 17.2 Å². The Kier molecular flexibility index (Phi) is 3.84. The van der Waals surface area contributed by atoms with E-state index in [1.54, 1.807) is 0 Å². The molecule has 1 heterocycles. The summed E-state index contributed by atoms with van der Waals surface area (Å²) in [6, 6.07) is 4.62. The molecule has 2 rings (SSSR count). The predicted octanol–water partition coefficient (Wildman–Crippen LogP) is 1.61. The van der Waals surface area contributed by atoms with Crippen molar-refractivity contribution >= 4 is 11.8 Å². The number of carbonyl (C=O) groups is 2. The van der Waals surface area contributed by atoms with E-state index in [0.717, 1.165) is 12.1 Å². The Morgan fingerprint density at radius 3 is 2.43 bits per heavy atom. The number of phenols is 3. The minimum absolute atomic E-state index is 0.0434. The fraction of sp³-hybridized carbons (Fsp3) is 0.143. The normalized spacial score (nSPS) is 10.3. The number of hydrogen-bond donors (Lipinski definition) is 3. The Bertz CT molecular complexity index is 699. The summed E-state index contributed by atoms with van der Waals surface area (Å²) in [6.07, 6.45) is -0.227. The summed E-state index contributed by atoms with van der Waals surface area (Å²) in [5.74, 6) is -2.58. The maximum atomic E-state index is 12.0. The molecule has 2 aromatic rings. The molecule has 7 nitrogen and oxygen atoms in total. The Hall–Kier alpha value is -2.96. The summed E-state index contributed by atoms with van der Waals surface area (Å²) < 4.78 is 9.60. The smallest absolute Gasteiger partial charge is 0.373 e. The van der Waals surface area contributed by atoms with Crippen molar-refractivity contribution in [2.45, 2.75) is 6.42 Å². The third-order valence-electron chi connectivity index (χ3n) is 2.78. The quantitative estimate of drug-likeness (QED) is 0.339. The van der Waals surface area contributed by atoms with Crippen molar-refractivity contribution < 1.29 is 34.1 Å². The number of Topliss-reactive ketones (excluding diaryl/α,β-unsaturated/α-hetero) is 1. The fourth-order valence-corrected chi connectivity index (χ4v) is 1.73. The van der Waals surface area contributed by atoms with Gasteiger partial charge in [-0.3, -0.25) is 4.79 Å². The fourth-order valence-electron chi connectivity index (χ4n) is 1.73. The number of benzene rings is 1. The minimum atomic E-state index is -0.668. The molecule has 0 aliphatic rings. The lowest BCUT2D eigenvalue weighted by molar-refractivity contribution is 0.0562. The predicted molar refractivity (Wildman–Crippen MR) is 69.5 cm³/mol. The average molecular weight is 292 g/mol. The van der Waals surface area contributed by atoms with Crippen LogP contribution in [0.25, 0.3) is 0 Å². The van der Waals surface area contributed by atoms with E-state index in [1.165, 1.54) is 19.2 Å².